The molecule has 1 heterocycles. The lowest BCUT2D eigenvalue weighted by Crippen LogP contribution is -2.13. The normalized spacial score (nSPS) is 15.7. The zero-order valence-electron chi connectivity index (χ0n) is 11.1. The molecule has 0 atom stereocenters. The Morgan fingerprint density at radius 3 is 2.85 bits per heavy atom. The predicted octanol–water partition coefficient (Wildman–Crippen LogP) is 4.24. The van der Waals surface area contributed by atoms with Crippen molar-refractivity contribution < 1.29 is 9.53 Å². The number of carbonyl (C=O) groups is 1. The molecule has 1 aliphatic carbocycles. The maximum absolute atomic E-state index is 12.1. The fraction of sp³-hybridized carbons (Fsp3) is 0.375. The van der Waals surface area contributed by atoms with Crippen molar-refractivity contribution in [3.8, 4) is 0 Å². The summed E-state index contributed by atoms with van der Waals surface area (Å²) in [5.41, 5.74) is 0.284. The van der Waals surface area contributed by atoms with Gasteiger partial charge in [-0.05, 0) is 30.2 Å². The summed E-state index contributed by atoms with van der Waals surface area (Å²) < 4.78 is 5.36. The molecule has 0 amide bonds. The summed E-state index contributed by atoms with van der Waals surface area (Å²) in [6.07, 6.45) is 4.78. The van der Waals surface area contributed by atoms with Crippen LogP contribution in [-0.2, 0) is 4.74 Å². The number of nitrogens with zero attached hydrogens (tertiary/aromatic N) is 1. The quantitative estimate of drug-likeness (QED) is 0.627. The van der Waals surface area contributed by atoms with Crippen LogP contribution in [0, 0.1) is 5.92 Å². The van der Waals surface area contributed by atoms with Crippen molar-refractivity contribution in [1.82, 2.24) is 4.98 Å². The summed E-state index contributed by atoms with van der Waals surface area (Å²) in [5, 5.41) is 2.10. The molecule has 3 rings (SSSR count). The van der Waals surface area contributed by atoms with E-state index in [1.807, 2.05) is 24.3 Å². The third-order valence-corrected chi connectivity index (χ3v) is 4.12. The van der Waals surface area contributed by atoms with Crippen LogP contribution in [0.15, 0.2) is 30.3 Å². The molecule has 0 aliphatic heterocycles. The summed E-state index contributed by atoms with van der Waals surface area (Å²) in [6.45, 7) is 0.491. The number of benzene rings is 1. The Labute approximate surface area is 122 Å². The first-order valence-corrected chi connectivity index (χ1v) is 7.34. The number of hydrogen-bond donors (Lipinski definition) is 0. The smallest absolute Gasteiger partial charge is 0.357 e. The molecule has 4 heteroatoms. The minimum absolute atomic E-state index is 0.284. The highest BCUT2D eigenvalue weighted by molar-refractivity contribution is 6.34. The standard InChI is InChI=1S/C16H16ClNO2/c17-15-13-8-4-3-7-12(13)9-14(18-15)16(19)20-10-11-5-1-2-6-11/h3-4,7-9,11H,1-2,5-6,10H2. The number of halogens is 1. The minimum Gasteiger partial charge on any atom is -0.461 e. The Balaban J connectivity index is 1.77. The molecule has 0 bridgehead atoms. The van der Waals surface area contributed by atoms with E-state index in [1.54, 1.807) is 6.07 Å². The van der Waals surface area contributed by atoms with Crippen LogP contribution in [0.25, 0.3) is 10.8 Å². The molecular weight excluding hydrogens is 274 g/mol. The van der Waals surface area contributed by atoms with Crippen molar-refractivity contribution in [2.45, 2.75) is 25.7 Å². The molecule has 1 fully saturated rings. The molecule has 0 saturated heterocycles. The van der Waals surface area contributed by atoms with Gasteiger partial charge in [0.25, 0.3) is 0 Å². The molecule has 1 saturated carbocycles. The Bertz CT molecular complexity index is 635. The van der Waals surface area contributed by atoms with Crippen LogP contribution in [0.2, 0.25) is 5.15 Å². The van der Waals surface area contributed by atoms with Crippen LogP contribution in [0.4, 0.5) is 0 Å². The highest BCUT2D eigenvalue weighted by atomic mass is 35.5. The zero-order valence-corrected chi connectivity index (χ0v) is 11.9. The lowest BCUT2D eigenvalue weighted by molar-refractivity contribution is 0.0436. The van der Waals surface area contributed by atoms with Crippen molar-refractivity contribution in [2.24, 2.45) is 5.92 Å². The van der Waals surface area contributed by atoms with Gasteiger partial charge in [0.15, 0.2) is 5.69 Å². The summed E-state index contributed by atoms with van der Waals surface area (Å²) >= 11 is 6.11. The fourth-order valence-corrected chi connectivity index (χ4v) is 2.97. The van der Waals surface area contributed by atoms with Crippen LogP contribution in [-0.4, -0.2) is 17.6 Å². The molecule has 1 aromatic carbocycles. The van der Waals surface area contributed by atoms with Gasteiger partial charge in [-0.1, -0.05) is 48.7 Å². The van der Waals surface area contributed by atoms with E-state index in [-0.39, 0.29) is 11.7 Å². The molecule has 0 unspecified atom stereocenters. The third-order valence-electron chi connectivity index (χ3n) is 3.83. The van der Waals surface area contributed by atoms with Gasteiger partial charge in [-0.3, -0.25) is 0 Å². The van der Waals surface area contributed by atoms with Gasteiger partial charge in [0.2, 0.25) is 0 Å². The van der Waals surface area contributed by atoms with Gasteiger partial charge in [0.1, 0.15) is 5.15 Å². The number of aromatic nitrogens is 1. The number of hydrogen-bond acceptors (Lipinski definition) is 3. The number of pyridine rings is 1. The molecule has 0 N–H and O–H groups in total. The fourth-order valence-electron chi connectivity index (χ4n) is 2.71. The zero-order chi connectivity index (χ0) is 13.9. The first kappa shape index (κ1) is 13.4. The van der Waals surface area contributed by atoms with Crippen LogP contribution >= 0.6 is 11.6 Å². The van der Waals surface area contributed by atoms with Crippen LogP contribution in [0.3, 0.4) is 0 Å². The maximum atomic E-state index is 12.1. The highest BCUT2D eigenvalue weighted by Gasteiger charge is 2.18. The topological polar surface area (TPSA) is 39.2 Å². The van der Waals surface area contributed by atoms with E-state index >= 15 is 0 Å². The Hall–Kier alpha value is -1.61. The molecule has 1 aromatic heterocycles. The number of carbonyl (C=O) groups excluding carboxylic acids is 1. The molecule has 0 radical (unpaired) electrons. The summed E-state index contributed by atoms with van der Waals surface area (Å²) in [7, 11) is 0. The van der Waals surface area contributed by atoms with E-state index in [1.165, 1.54) is 12.8 Å². The van der Waals surface area contributed by atoms with Gasteiger partial charge in [0.05, 0.1) is 6.61 Å². The van der Waals surface area contributed by atoms with E-state index in [2.05, 4.69) is 4.98 Å². The van der Waals surface area contributed by atoms with Crippen molar-refractivity contribution in [2.75, 3.05) is 6.61 Å². The number of rotatable bonds is 3. The van der Waals surface area contributed by atoms with Crippen molar-refractivity contribution in [1.29, 1.82) is 0 Å². The van der Waals surface area contributed by atoms with Crippen molar-refractivity contribution in [3.05, 3.63) is 41.2 Å². The number of esters is 1. The maximum Gasteiger partial charge on any atom is 0.357 e. The monoisotopic (exact) mass is 289 g/mol. The van der Waals surface area contributed by atoms with E-state index in [4.69, 9.17) is 16.3 Å². The number of fused-ring (bicyclic) bond motifs is 1. The van der Waals surface area contributed by atoms with E-state index < -0.39 is 0 Å². The SMILES string of the molecule is O=C(OCC1CCCC1)c1cc2ccccc2c(Cl)n1. The van der Waals surface area contributed by atoms with E-state index in [0.29, 0.717) is 17.7 Å². The first-order chi connectivity index (χ1) is 9.74. The summed E-state index contributed by atoms with van der Waals surface area (Å²) in [5.74, 6) is 0.124. The molecule has 1 aliphatic rings. The molecule has 3 nitrogen and oxygen atoms in total. The van der Waals surface area contributed by atoms with Crippen molar-refractivity contribution >= 4 is 28.3 Å². The minimum atomic E-state index is -0.385. The van der Waals surface area contributed by atoms with Gasteiger partial charge in [0, 0.05) is 5.39 Å². The van der Waals surface area contributed by atoms with Crippen LogP contribution < -0.4 is 0 Å². The van der Waals surface area contributed by atoms with Crippen LogP contribution in [0.1, 0.15) is 36.2 Å². The van der Waals surface area contributed by atoms with Gasteiger partial charge >= 0.3 is 5.97 Å². The van der Waals surface area contributed by atoms with Gasteiger partial charge < -0.3 is 4.74 Å². The second kappa shape index (κ2) is 5.80. The van der Waals surface area contributed by atoms with Gasteiger partial charge in [-0.2, -0.15) is 0 Å². The Morgan fingerprint density at radius 2 is 2.05 bits per heavy atom. The predicted molar refractivity (Wildman–Crippen MR) is 79.0 cm³/mol. The Kier molecular flexibility index (Phi) is 3.88. The van der Waals surface area contributed by atoms with Crippen LogP contribution in [0.5, 0.6) is 0 Å². The molecule has 20 heavy (non-hydrogen) atoms. The van der Waals surface area contributed by atoms with Gasteiger partial charge in [-0.25, -0.2) is 9.78 Å². The Morgan fingerprint density at radius 1 is 1.30 bits per heavy atom. The molecular formula is C16H16ClNO2. The summed E-state index contributed by atoms with van der Waals surface area (Å²) in [4.78, 5) is 16.2. The second-order valence-corrected chi connectivity index (χ2v) is 5.63. The average Bonchev–Trinajstić information content (AvgIpc) is 2.98. The largest absolute Gasteiger partial charge is 0.461 e. The average molecular weight is 290 g/mol. The summed E-state index contributed by atoms with van der Waals surface area (Å²) in [6, 6.07) is 9.34. The lowest BCUT2D eigenvalue weighted by atomic mass is 10.1. The molecule has 2 aromatic rings. The molecule has 104 valence electrons. The van der Waals surface area contributed by atoms with E-state index in [9.17, 15) is 4.79 Å². The van der Waals surface area contributed by atoms with E-state index in [0.717, 1.165) is 23.6 Å². The third kappa shape index (κ3) is 2.78. The second-order valence-electron chi connectivity index (χ2n) is 5.27. The highest BCUT2D eigenvalue weighted by Crippen LogP contribution is 2.26. The first-order valence-electron chi connectivity index (χ1n) is 6.96. The molecule has 0 spiro atoms. The van der Waals surface area contributed by atoms with Crippen molar-refractivity contribution in [3.63, 3.8) is 0 Å². The lowest BCUT2D eigenvalue weighted by Gasteiger charge is -2.10. The van der Waals surface area contributed by atoms with Gasteiger partial charge in [-0.15, -0.1) is 0 Å². The number of ether oxygens (including phenoxy) is 1.